The maximum Gasteiger partial charge on any atom is 0.0995 e. The SMILES string of the molecule is COC1CN(Cc2ccccc2C#N)CCC1C. The fourth-order valence-corrected chi connectivity index (χ4v) is 2.56. The van der Waals surface area contributed by atoms with Gasteiger partial charge in [-0.05, 0) is 30.5 Å². The van der Waals surface area contributed by atoms with Crippen LogP contribution in [0.25, 0.3) is 0 Å². The zero-order chi connectivity index (χ0) is 13.0. The van der Waals surface area contributed by atoms with Crippen LogP contribution < -0.4 is 0 Å². The highest BCUT2D eigenvalue weighted by molar-refractivity contribution is 5.37. The maximum atomic E-state index is 9.09. The molecule has 1 heterocycles. The number of methoxy groups -OCH3 is 1. The summed E-state index contributed by atoms with van der Waals surface area (Å²) in [6.45, 7) is 5.13. The number of nitrogens with zero attached hydrogens (tertiary/aromatic N) is 2. The number of benzene rings is 1. The first kappa shape index (κ1) is 13.1. The Hall–Kier alpha value is -1.37. The number of hydrogen-bond acceptors (Lipinski definition) is 3. The van der Waals surface area contributed by atoms with Crippen molar-refractivity contribution in [3.05, 3.63) is 35.4 Å². The summed E-state index contributed by atoms with van der Waals surface area (Å²) in [5, 5.41) is 9.09. The minimum atomic E-state index is 0.313. The quantitative estimate of drug-likeness (QED) is 0.819. The summed E-state index contributed by atoms with van der Waals surface area (Å²) in [7, 11) is 1.79. The Morgan fingerprint density at radius 1 is 1.44 bits per heavy atom. The number of piperidine rings is 1. The predicted octanol–water partition coefficient (Wildman–Crippen LogP) is 2.42. The molecule has 0 aliphatic carbocycles. The average Bonchev–Trinajstić information content (AvgIpc) is 2.41. The lowest BCUT2D eigenvalue weighted by molar-refractivity contribution is -0.00746. The van der Waals surface area contributed by atoms with Gasteiger partial charge in [0.1, 0.15) is 0 Å². The first-order valence-electron chi connectivity index (χ1n) is 6.47. The maximum absolute atomic E-state index is 9.09. The highest BCUT2D eigenvalue weighted by atomic mass is 16.5. The largest absolute Gasteiger partial charge is 0.380 e. The van der Waals surface area contributed by atoms with E-state index < -0.39 is 0 Å². The molecule has 1 fully saturated rings. The summed E-state index contributed by atoms with van der Waals surface area (Å²) < 4.78 is 5.52. The Morgan fingerprint density at radius 2 is 2.22 bits per heavy atom. The van der Waals surface area contributed by atoms with Crippen molar-refractivity contribution in [2.24, 2.45) is 5.92 Å². The molecule has 1 saturated heterocycles. The summed E-state index contributed by atoms with van der Waals surface area (Å²) in [6, 6.07) is 10.1. The molecule has 96 valence electrons. The summed E-state index contributed by atoms with van der Waals surface area (Å²) >= 11 is 0. The lowest BCUT2D eigenvalue weighted by Gasteiger charge is -2.36. The molecule has 0 saturated carbocycles. The Kier molecular flexibility index (Phi) is 4.35. The molecule has 1 aromatic carbocycles. The Labute approximate surface area is 109 Å². The number of hydrogen-bond donors (Lipinski definition) is 0. The zero-order valence-electron chi connectivity index (χ0n) is 11.1. The first-order chi connectivity index (χ1) is 8.74. The zero-order valence-corrected chi connectivity index (χ0v) is 11.1. The van der Waals surface area contributed by atoms with Gasteiger partial charge in [-0.2, -0.15) is 5.26 Å². The number of ether oxygens (including phenoxy) is 1. The lowest BCUT2D eigenvalue weighted by atomic mass is 9.95. The third-order valence-corrected chi connectivity index (χ3v) is 3.81. The molecule has 0 aromatic heterocycles. The molecule has 2 rings (SSSR count). The molecular formula is C15H20N2O. The fourth-order valence-electron chi connectivity index (χ4n) is 2.56. The van der Waals surface area contributed by atoms with E-state index in [0.29, 0.717) is 12.0 Å². The summed E-state index contributed by atoms with van der Waals surface area (Å²) in [6.07, 6.45) is 1.47. The second-order valence-electron chi connectivity index (χ2n) is 5.04. The second-order valence-corrected chi connectivity index (χ2v) is 5.04. The van der Waals surface area contributed by atoms with Gasteiger partial charge in [0.2, 0.25) is 0 Å². The van der Waals surface area contributed by atoms with E-state index in [4.69, 9.17) is 10.00 Å². The molecule has 3 heteroatoms. The summed E-state index contributed by atoms with van der Waals surface area (Å²) in [5.41, 5.74) is 1.90. The lowest BCUT2D eigenvalue weighted by Crippen LogP contribution is -2.43. The Balaban J connectivity index is 2.04. The van der Waals surface area contributed by atoms with E-state index in [1.165, 1.54) is 0 Å². The van der Waals surface area contributed by atoms with Crippen molar-refractivity contribution >= 4 is 0 Å². The van der Waals surface area contributed by atoms with Crippen LogP contribution in [0.2, 0.25) is 0 Å². The van der Waals surface area contributed by atoms with Gasteiger partial charge in [0.05, 0.1) is 17.7 Å². The number of likely N-dealkylation sites (tertiary alicyclic amines) is 1. The normalized spacial score (nSPS) is 24.7. The van der Waals surface area contributed by atoms with E-state index in [2.05, 4.69) is 17.9 Å². The molecule has 1 aliphatic heterocycles. The third kappa shape index (κ3) is 2.90. The molecule has 18 heavy (non-hydrogen) atoms. The molecule has 1 aromatic rings. The van der Waals surface area contributed by atoms with Crippen molar-refractivity contribution in [1.82, 2.24) is 4.90 Å². The molecular weight excluding hydrogens is 224 g/mol. The molecule has 0 bridgehead atoms. The van der Waals surface area contributed by atoms with Gasteiger partial charge in [-0.15, -0.1) is 0 Å². The molecule has 3 nitrogen and oxygen atoms in total. The van der Waals surface area contributed by atoms with Crippen molar-refractivity contribution in [1.29, 1.82) is 5.26 Å². The monoisotopic (exact) mass is 244 g/mol. The standard InChI is InChI=1S/C15H20N2O/c1-12-7-8-17(11-15(12)18-2)10-14-6-4-3-5-13(14)9-16/h3-6,12,15H,7-8,10-11H2,1-2H3. The van der Waals surface area contributed by atoms with Crippen molar-refractivity contribution in [2.45, 2.75) is 26.0 Å². The van der Waals surface area contributed by atoms with Crippen LogP contribution in [0.5, 0.6) is 0 Å². The van der Waals surface area contributed by atoms with Gasteiger partial charge in [-0.1, -0.05) is 25.1 Å². The van der Waals surface area contributed by atoms with Gasteiger partial charge in [-0.3, -0.25) is 4.90 Å². The molecule has 0 N–H and O–H groups in total. The van der Waals surface area contributed by atoms with Gasteiger partial charge in [0.15, 0.2) is 0 Å². The Bertz CT molecular complexity index is 438. The van der Waals surface area contributed by atoms with E-state index in [9.17, 15) is 0 Å². The number of rotatable bonds is 3. The van der Waals surface area contributed by atoms with Crippen molar-refractivity contribution in [2.75, 3.05) is 20.2 Å². The van der Waals surface area contributed by atoms with Crippen LogP contribution in [0.15, 0.2) is 24.3 Å². The summed E-state index contributed by atoms with van der Waals surface area (Å²) in [5.74, 6) is 0.623. The molecule has 2 atom stereocenters. The topological polar surface area (TPSA) is 36.3 Å². The van der Waals surface area contributed by atoms with Crippen molar-refractivity contribution in [3.8, 4) is 6.07 Å². The van der Waals surface area contributed by atoms with Crippen LogP contribution in [-0.4, -0.2) is 31.2 Å². The Morgan fingerprint density at radius 3 is 2.94 bits per heavy atom. The smallest absolute Gasteiger partial charge is 0.0995 e. The van der Waals surface area contributed by atoms with Crippen molar-refractivity contribution < 1.29 is 4.74 Å². The van der Waals surface area contributed by atoms with Crippen LogP contribution >= 0.6 is 0 Å². The van der Waals surface area contributed by atoms with E-state index in [-0.39, 0.29) is 0 Å². The average molecular weight is 244 g/mol. The molecule has 2 unspecified atom stereocenters. The van der Waals surface area contributed by atoms with Gasteiger partial charge in [0, 0.05) is 20.2 Å². The molecule has 0 spiro atoms. The van der Waals surface area contributed by atoms with Gasteiger partial charge >= 0.3 is 0 Å². The molecule has 1 aliphatic rings. The van der Waals surface area contributed by atoms with Gasteiger partial charge < -0.3 is 4.74 Å². The van der Waals surface area contributed by atoms with Crippen LogP contribution in [-0.2, 0) is 11.3 Å². The van der Waals surface area contributed by atoms with Crippen LogP contribution in [0.3, 0.4) is 0 Å². The highest BCUT2D eigenvalue weighted by Gasteiger charge is 2.26. The highest BCUT2D eigenvalue weighted by Crippen LogP contribution is 2.21. The third-order valence-electron chi connectivity index (χ3n) is 3.81. The minimum absolute atomic E-state index is 0.313. The number of nitriles is 1. The summed E-state index contributed by atoms with van der Waals surface area (Å²) in [4.78, 5) is 2.38. The first-order valence-corrected chi connectivity index (χ1v) is 6.47. The van der Waals surface area contributed by atoms with Crippen molar-refractivity contribution in [3.63, 3.8) is 0 Å². The van der Waals surface area contributed by atoms with E-state index in [1.54, 1.807) is 7.11 Å². The fraction of sp³-hybridized carbons (Fsp3) is 0.533. The minimum Gasteiger partial charge on any atom is -0.380 e. The molecule has 0 amide bonds. The van der Waals surface area contributed by atoms with Crippen LogP contribution in [0.1, 0.15) is 24.5 Å². The molecule has 0 radical (unpaired) electrons. The predicted molar refractivity (Wildman–Crippen MR) is 71.0 cm³/mol. The van der Waals surface area contributed by atoms with E-state index in [0.717, 1.165) is 37.2 Å². The van der Waals surface area contributed by atoms with E-state index >= 15 is 0 Å². The van der Waals surface area contributed by atoms with Gasteiger partial charge in [-0.25, -0.2) is 0 Å². The van der Waals surface area contributed by atoms with E-state index in [1.807, 2.05) is 24.3 Å². The van der Waals surface area contributed by atoms with Gasteiger partial charge in [0.25, 0.3) is 0 Å². The second kappa shape index (κ2) is 5.99. The van der Waals surface area contributed by atoms with Crippen LogP contribution in [0.4, 0.5) is 0 Å². The van der Waals surface area contributed by atoms with Crippen LogP contribution in [0, 0.1) is 17.2 Å².